The van der Waals surface area contributed by atoms with Crippen LogP contribution in [0.25, 0.3) is 0 Å². The highest BCUT2D eigenvalue weighted by Gasteiger charge is 2.55. The van der Waals surface area contributed by atoms with E-state index in [9.17, 15) is 31.5 Å². The molecule has 0 saturated heterocycles. The molecule has 7 nitrogen and oxygen atoms in total. The van der Waals surface area contributed by atoms with Crippen LogP contribution < -0.4 is 10.6 Å². The van der Waals surface area contributed by atoms with Crippen molar-refractivity contribution in [1.29, 1.82) is 0 Å². The summed E-state index contributed by atoms with van der Waals surface area (Å²) in [5, 5.41) is 22.5. The van der Waals surface area contributed by atoms with Crippen molar-refractivity contribution in [2.75, 3.05) is 23.8 Å². The first-order chi connectivity index (χ1) is 13.8. The van der Waals surface area contributed by atoms with E-state index in [1.165, 1.54) is 24.3 Å². The van der Waals surface area contributed by atoms with Crippen LogP contribution in [0.15, 0.2) is 52.3 Å². The lowest BCUT2D eigenvalue weighted by Crippen LogP contribution is -2.52. The van der Waals surface area contributed by atoms with Gasteiger partial charge in [-0.1, -0.05) is 11.6 Å². The van der Waals surface area contributed by atoms with Crippen LogP contribution in [0.2, 0.25) is 5.02 Å². The number of rotatable bonds is 7. The Labute approximate surface area is 175 Å². The van der Waals surface area contributed by atoms with Crippen molar-refractivity contribution in [3.63, 3.8) is 0 Å². The van der Waals surface area contributed by atoms with Crippen LogP contribution in [-0.2, 0) is 14.6 Å². The lowest BCUT2D eigenvalue weighted by Gasteiger charge is -2.25. The Bertz CT molecular complexity index is 1030. The van der Waals surface area contributed by atoms with Crippen LogP contribution in [0.3, 0.4) is 0 Å². The molecule has 0 spiro atoms. The fourth-order valence-corrected chi connectivity index (χ4v) is 3.80. The zero-order valence-electron chi connectivity index (χ0n) is 15.5. The molecule has 0 unspecified atom stereocenters. The predicted molar refractivity (Wildman–Crippen MR) is 104 cm³/mol. The molecule has 4 N–H and O–H groups in total. The maximum Gasteiger partial charge on any atom is 0.426 e. The number of sulfone groups is 1. The van der Waals surface area contributed by atoms with Gasteiger partial charge in [0.15, 0.2) is 0 Å². The van der Waals surface area contributed by atoms with Gasteiger partial charge in [0.25, 0.3) is 5.91 Å². The molecule has 1 atom stereocenters. The summed E-state index contributed by atoms with van der Waals surface area (Å²) >= 11 is 5.94. The van der Waals surface area contributed by atoms with E-state index >= 15 is 0 Å². The molecule has 0 radical (unpaired) electrons. The molecule has 0 heterocycles. The van der Waals surface area contributed by atoms with Gasteiger partial charge < -0.3 is 20.8 Å². The Morgan fingerprint density at radius 2 is 1.67 bits per heavy atom. The van der Waals surface area contributed by atoms with E-state index < -0.39 is 27.5 Å². The maximum atomic E-state index is 12.8. The van der Waals surface area contributed by atoms with Crippen molar-refractivity contribution in [3.8, 4) is 0 Å². The van der Waals surface area contributed by atoms with Crippen LogP contribution >= 0.6 is 11.6 Å². The Balaban J connectivity index is 2.26. The molecule has 2 aromatic carbocycles. The number of hydrogen-bond donors (Lipinski definition) is 4. The summed E-state index contributed by atoms with van der Waals surface area (Å²) in [4.78, 5) is 11.5. The van der Waals surface area contributed by atoms with Gasteiger partial charge in [0.05, 0.1) is 27.1 Å². The lowest BCUT2D eigenvalue weighted by molar-refractivity contribution is -0.242. The quantitative estimate of drug-likeness (QED) is 0.498. The fraction of sp³-hybridized carbons (Fsp3) is 0.278. The van der Waals surface area contributed by atoms with Crippen molar-refractivity contribution in [2.24, 2.45) is 0 Å². The highest BCUT2D eigenvalue weighted by molar-refractivity contribution is 7.91. The SMILES string of the molecule is C[C@@](O)(C(=O)Nc1ccc(S(=O)(=O)c2ccc(NCCO)cc2)cc1Cl)C(F)(F)F. The summed E-state index contributed by atoms with van der Waals surface area (Å²) in [5.74, 6) is -1.77. The Kier molecular flexibility index (Phi) is 7.02. The van der Waals surface area contributed by atoms with Gasteiger partial charge in [-0.3, -0.25) is 4.79 Å². The largest absolute Gasteiger partial charge is 0.426 e. The van der Waals surface area contributed by atoms with Gasteiger partial charge in [0, 0.05) is 12.2 Å². The van der Waals surface area contributed by atoms with Crippen LogP contribution in [0.5, 0.6) is 0 Å². The second-order valence-corrected chi connectivity index (χ2v) is 8.70. The number of hydrogen-bond acceptors (Lipinski definition) is 6. The number of aliphatic hydroxyl groups excluding tert-OH is 1. The van der Waals surface area contributed by atoms with E-state index in [-0.39, 0.29) is 40.6 Å². The summed E-state index contributed by atoms with van der Waals surface area (Å²) < 4.78 is 63.7. The molecule has 2 aromatic rings. The smallest absolute Gasteiger partial charge is 0.395 e. The molecule has 0 saturated carbocycles. The summed E-state index contributed by atoms with van der Waals surface area (Å²) in [7, 11) is -4.00. The summed E-state index contributed by atoms with van der Waals surface area (Å²) in [5.41, 5.74) is -3.36. The number of nitrogens with one attached hydrogen (secondary N) is 2. The first-order valence-electron chi connectivity index (χ1n) is 8.40. The number of carbonyl (C=O) groups excluding carboxylic acids is 1. The van der Waals surface area contributed by atoms with Crippen molar-refractivity contribution >= 4 is 38.7 Å². The highest BCUT2D eigenvalue weighted by atomic mass is 35.5. The number of benzene rings is 2. The van der Waals surface area contributed by atoms with E-state index in [1.54, 1.807) is 0 Å². The van der Waals surface area contributed by atoms with Crippen LogP contribution in [0.1, 0.15) is 6.92 Å². The molecule has 0 aromatic heterocycles. The van der Waals surface area contributed by atoms with Crippen molar-refractivity contribution in [3.05, 3.63) is 47.5 Å². The summed E-state index contributed by atoms with van der Waals surface area (Å²) in [6.45, 7) is 0.476. The molecule has 30 heavy (non-hydrogen) atoms. The van der Waals surface area contributed by atoms with Crippen molar-refractivity contribution < 1.29 is 36.6 Å². The van der Waals surface area contributed by atoms with Gasteiger partial charge in [-0.25, -0.2) is 8.42 Å². The van der Waals surface area contributed by atoms with Gasteiger partial charge in [0.2, 0.25) is 15.4 Å². The molecular formula is C18H18ClF3N2O5S. The van der Waals surface area contributed by atoms with Crippen LogP contribution in [0, 0.1) is 0 Å². The zero-order chi connectivity index (χ0) is 22.7. The predicted octanol–water partition coefficient (Wildman–Crippen LogP) is 2.83. The van der Waals surface area contributed by atoms with E-state index in [0.717, 1.165) is 18.2 Å². The Morgan fingerprint density at radius 1 is 1.10 bits per heavy atom. The molecule has 12 heteroatoms. The van der Waals surface area contributed by atoms with Crippen molar-refractivity contribution in [2.45, 2.75) is 28.5 Å². The molecule has 0 fully saturated rings. The fourth-order valence-electron chi connectivity index (χ4n) is 2.23. The Morgan fingerprint density at radius 3 is 2.17 bits per heavy atom. The third-order valence-corrected chi connectivity index (χ3v) is 6.18. The number of aliphatic hydroxyl groups is 2. The van der Waals surface area contributed by atoms with E-state index in [0.29, 0.717) is 5.69 Å². The molecule has 0 aliphatic carbocycles. The molecule has 1 amide bonds. The minimum absolute atomic E-state index is 0.0649. The van der Waals surface area contributed by atoms with Gasteiger partial charge in [-0.05, 0) is 49.4 Å². The highest BCUT2D eigenvalue weighted by Crippen LogP contribution is 2.33. The second-order valence-electron chi connectivity index (χ2n) is 6.34. The third kappa shape index (κ3) is 5.04. The normalized spacial score (nSPS) is 14.1. The first-order valence-corrected chi connectivity index (χ1v) is 10.3. The first kappa shape index (κ1) is 23.9. The number of anilines is 2. The zero-order valence-corrected chi connectivity index (χ0v) is 17.1. The average molecular weight is 467 g/mol. The van der Waals surface area contributed by atoms with Crippen LogP contribution in [-0.4, -0.2) is 49.5 Å². The van der Waals surface area contributed by atoms with E-state index in [1.807, 2.05) is 5.32 Å². The molecule has 2 rings (SSSR count). The second kappa shape index (κ2) is 8.80. The van der Waals surface area contributed by atoms with Crippen molar-refractivity contribution in [1.82, 2.24) is 0 Å². The number of halogens is 4. The van der Waals surface area contributed by atoms with E-state index in [2.05, 4.69) is 5.32 Å². The average Bonchev–Trinajstić information content (AvgIpc) is 2.67. The van der Waals surface area contributed by atoms with Gasteiger partial charge in [0.1, 0.15) is 0 Å². The van der Waals surface area contributed by atoms with Crippen LogP contribution in [0.4, 0.5) is 24.5 Å². The number of alkyl halides is 3. The molecular weight excluding hydrogens is 449 g/mol. The maximum absolute atomic E-state index is 12.8. The number of carbonyl (C=O) groups is 1. The van der Waals surface area contributed by atoms with Gasteiger partial charge >= 0.3 is 6.18 Å². The standard InChI is InChI=1S/C18H18ClF3N2O5S/c1-17(27,18(20,21)22)16(26)24-15-7-6-13(10-14(15)19)30(28,29)12-4-2-11(3-5-12)23-8-9-25/h2-7,10,23,25,27H,8-9H2,1H3,(H,24,26)/t17-/m1/s1. The minimum Gasteiger partial charge on any atom is -0.395 e. The molecule has 0 aliphatic heterocycles. The summed E-state index contributed by atoms with van der Waals surface area (Å²) in [6.07, 6.45) is -5.22. The topological polar surface area (TPSA) is 116 Å². The lowest BCUT2D eigenvalue weighted by atomic mass is 10.1. The van der Waals surface area contributed by atoms with Gasteiger partial charge in [-0.15, -0.1) is 0 Å². The Hall–Kier alpha value is -2.34. The third-order valence-electron chi connectivity index (χ3n) is 4.10. The summed E-state index contributed by atoms with van der Waals surface area (Å²) in [6, 6.07) is 8.73. The minimum atomic E-state index is -5.22. The molecule has 0 aliphatic rings. The number of amides is 1. The molecule has 164 valence electrons. The monoisotopic (exact) mass is 466 g/mol. The van der Waals surface area contributed by atoms with Gasteiger partial charge in [-0.2, -0.15) is 13.2 Å². The molecule has 0 bridgehead atoms. The van der Waals surface area contributed by atoms with E-state index in [4.69, 9.17) is 16.7 Å².